The first-order valence-electron chi connectivity index (χ1n) is 5.41. The highest BCUT2D eigenvalue weighted by atomic mass is 79.9. The Hall–Kier alpha value is -1.07. The number of nitrogens with one attached hydrogen (secondary N) is 1. The zero-order chi connectivity index (χ0) is 13.0. The molecule has 1 aromatic carbocycles. The lowest BCUT2D eigenvalue weighted by molar-refractivity contribution is 0.0933. The number of hydrogen-bond acceptors (Lipinski definition) is 3. The van der Waals surface area contributed by atoms with E-state index < -0.39 is 0 Å². The molecule has 0 saturated heterocycles. The molecule has 0 bridgehead atoms. The number of anilines is 1. The number of rotatable bonds is 4. The number of carbonyl (C=O) groups excluding carboxylic acids is 1. The van der Waals surface area contributed by atoms with Gasteiger partial charge in [0.05, 0.1) is 10.0 Å². The van der Waals surface area contributed by atoms with Crippen molar-refractivity contribution >= 4 is 27.5 Å². The van der Waals surface area contributed by atoms with Gasteiger partial charge in [-0.2, -0.15) is 0 Å². The Morgan fingerprint density at radius 2 is 2.18 bits per heavy atom. The topological polar surface area (TPSA) is 58.4 Å². The second-order valence-corrected chi connectivity index (χ2v) is 5.14. The molecular weight excluding hydrogens is 282 g/mol. The summed E-state index contributed by atoms with van der Waals surface area (Å²) in [6, 6.07) is 5.36. The Bertz CT molecular complexity index is 407. The summed E-state index contributed by atoms with van der Waals surface area (Å²) in [6.07, 6.45) is 0. The van der Waals surface area contributed by atoms with Crippen LogP contribution in [0.4, 0.5) is 5.69 Å². The van der Waals surface area contributed by atoms with Crippen molar-refractivity contribution in [1.29, 1.82) is 0 Å². The number of nitrogen functional groups attached to an aromatic ring is 1. The predicted octanol–water partition coefficient (Wildman–Crippen LogP) is 1.71. The molecular formula is C12H18BrN3O. The predicted molar refractivity (Wildman–Crippen MR) is 74.0 cm³/mol. The quantitative estimate of drug-likeness (QED) is 0.832. The molecule has 94 valence electrons. The number of carbonyl (C=O) groups is 1. The molecule has 0 aliphatic rings. The van der Waals surface area contributed by atoms with Gasteiger partial charge in [0.15, 0.2) is 0 Å². The van der Waals surface area contributed by atoms with Gasteiger partial charge in [-0.05, 0) is 49.1 Å². The van der Waals surface area contributed by atoms with Gasteiger partial charge >= 0.3 is 0 Å². The van der Waals surface area contributed by atoms with Crippen LogP contribution in [0.15, 0.2) is 22.7 Å². The van der Waals surface area contributed by atoms with Crippen LogP contribution in [-0.4, -0.2) is 37.5 Å². The van der Waals surface area contributed by atoms with Crippen LogP contribution in [0, 0.1) is 0 Å². The van der Waals surface area contributed by atoms with Crippen LogP contribution in [0.2, 0.25) is 0 Å². The van der Waals surface area contributed by atoms with Crippen molar-refractivity contribution in [2.75, 3.05) is 26.4 Å². The first-order valence-corrected chi connectivity index (χ1v) is 6.20. The Morgan fingerprint density at radius 1 is 1.53 bits per heavy atom. The number of benzene rings is 1. The van der Waals surface area contributed by atoms with E-state index in [9.17, 15) is 4.79 Å². The molecule has 0 aromatic heterocycles. The highest BCUT2D eigenvalue weighted by Crippen LogP contribution is 2.23. The molecule has 17 heavy (non-hydrogen) atoms. The van der Waals surface area contributed by atoms with Crippen LogP contribution in [0.5, 0.6) is 0 Å². The van der Waals surface area contributed by atoms with E-state index in [4.69, 9.17) is 5.73 Å². The minimum atomic E-state index is -0.112. The average Bonchev–Trinajstić information content (AvgIpc) is 2.20. The van der Waals surface area contributed by atoms with E-state index in [1.54, 1.807) is 18.2 Å². The summed E-state index contributed by atoms with van der Waals surface area (Å²) < 4.78 is 0.648. The zero-order valence-corrected chi connectivity index (χ0v) is 11.9. The smallest absolute Gasteiger partial charge is 0.252 e. The molecule has 0 radical (unpaired) electrons. The Morgan fingerprint density at radius 3 is 2.76 bits per heavy atom. The van der Waals surface area contributed by atoms with Crippen molar-refractivity contribution in [2.24, 2.45) is 0 Å². The first-order chi connectivity index (χ1) is 7.91. The molecule has 1 aromatic rings. The minimum absolute atomic E-state index is 0.0887. The van der Waals surface area contributed by atoms with Gasteiger partial charge in [-0.25, -0.2) is 0 Å². The molecule has 4 nitrogen and oxygen atoms in total. The summed E-state index contributed by atoms with van der Waals surface area (Å²) in [5, 5.41) is 2.93. The first kappa shape index (κ1) is 14.0. The van der Waals surface area contributed by atoms with Gasteiger partial charge in [0.1, 0.15) is 0 Å². The van der Waals surface area contributed by atoms with E-state index in [0.717, 1.165) is 6.54 Å². The molecule has 1 atom stereocenters. The van der Waals surface area contributed by atoms with Crippen LogP contribution in [0.25, 0.3) is 0 Å². The van der Waals surface area contributed by atoms with Crippen LogP contribution >= 0.6 is 15.9 Å². The number of hydrogen-bond donors (Lipinski definition) is 2. The van der Waals surface area contributed by atoms with Crippen LogP contribution in [-0.2, 0) is 0 Å². The van der Waals surface area contributed by atoms with Gasteiger partial charge < -0.3 is 16.0 Å². The summed E-state index contributed by atoms with van der Waals surface area (Å²) in [5.74, 6) is -0.112. The Labute approximate surface area is 110 Å². The second-order valence-electron chi connectivity index (χ2n) is 4.35. The number of nitrogens with two attached hydrogens (primary N) is 1. The van der Waals surface area contributed by atoms with E-state index in [1.165, 1.54) is 0 Å². The molecule has 1 amide bonds. The largest absolute Gasteiger partial charge is 0.398 e. The van der Waals surface area contributed by atoms with Crippen molar-refractivity contribution in [1.82, 2.24) is 10.2 Å². The van der Waals surface area contributed by atoms with Crippen LogP contribution in [0.1, 0.15) is 17.3 Å². The summed E-state index contributed by atoms with van der Waals surface area (Å²) in [5.41, 5.74) is 6.87. The van der Waals surface area contributed by atoms with E-state index in [0.29, 0.717) is 15.7 Å². The maximum absolute atomic E-state index is 12.0. The molecule has 3 N–H and O–H groups in total. The van der Waals surface area contributed by atoms with Crippen LogP contribution in [0.3, 0.4) is 0 Å². The summed E-state index contributed by atoms with van der Waals surface area (Å²) in [4.78, 5) is 14.0. The van der Waals surface area contributed by atoms with Crippen molar-refractivity contribution in [3.8, 4) is 0 Å². The third-order valence-corrected chi connectivity index (χ3v) is 3.17. The summed E-state index contributed by atoms with van der Waals surface area (Å²) in [6.45, 7) is 2.77. The van der Waals surface area contributed by atoms with Gasteiger partial charge in [-0.3, -0.25) is 4.79 Å². The highest BCUT2D eigenvalue weighted by Gasteiger charge is 2.14. The van der Waals surface area contributed by atoms with Gasteiger partial charge in [0.25, 0.3) is 5.91 Å². The second kappa shape index (κ2) is 6.02. The molecule has 0 aliphatic heterocycles. The molecule has 0 heterocycles. The molecule has 0 fully saturated rings. The summed E-state index contributed by atoms with van der Waals surface area (Å²) in [7, 11) is 3.94. The lowest BCUT2D eigenvalue weighted by atomic mass is 10.2. The highest BCUT2D eigenvalue weighted by molar-refractivity contribution is 9.10. The molecule has 5 heteroatoms. The van der Waals surface area contributed by atoms with E-state index >= 15 is 0 Å². The van der Waals surface area contributed by atoms with E-state index in [-0.39, 0.29) is 11.9 Å². The third-order valence-electron chi connectivity index (χ3n) is 2.29. The number of likely N-dealkylation sites (N-methyl/N-ethyl adjacent to an activating group) is 1. The maximum atomic E-state index is 12.0. The number of nitrogens with zero attached hydrogens (tertiary/aromatic N) is 1. The third kappa shape index (κ3) is 4.02. The monoisotopic (exact) mass is 299 g/mol. The SMILES string of the molecule is CC(CN(C)C)NC(=O)c1cccc(N)c1Br. The van der Waals surface area contributed by atoms with Gasteiger partial charge in [0, 0.05) is 18.3 Å². The molecule has 1 unspecified atom stereocenters. The Kier molecular flexibility index (Phi) is 4.96. The van der Waals surface area contributed by atoms with Gasteiger partial charge in [0.2, 0.25) is 0 Å². The van der Waals surface area contributed by atoms with Crippen molar-refractivity contribution in [3.63, 3.8) is 0 Å². The zero-order valence-electron chi connectivity index (χ0n) is 10.3. The van der Waals surface area contributed by atoms with Crippen LogP contribution < -0.4 is 11.1 Å². The normalized spacial score (nSPS) is 12.5. The fraction of sp³-hybridized carbons (Fsp3) is 0.417. The number of amides is 1. The lowest BCUT2D eigenvalue weighted by Gasteiger charge is -2.18. The average molecular weight is 300 g/mol. The standard InChI is InChI=1S/C12H18BrN3O/c1-8(7-16(2)3)15-12(17)9-5-4-6-10(14)11(9)13/h4-6,8H,7,14H2,1-3H3,(H,15,17). The lowest BCUT2D eigenvalue weighted by Crippen LogP contribution is -2.39. The van der Waals surface area contributed by atoms with Gasteiger partial charge in [-0.15, -0.1) is 0 Å². The molecule has 0 saturated carbocycles. The fourth-order valence-corrected chi connectivity index (χ4v) is 2.06. The summed E-state index contributed by atoms with van der Waals surface area (Å²) >= 11 is 3.33. The molecule has 0 spiro atoms. The Balaban J connectivity index is 2.73. The van der Waals surface area contributed by atoms with E-state index in [1.807, 2.05) is 25.9 Å². The maximum Gasteiger partial charge on any atom is 0.252 e. The minimum Gasteiger partial charge on any atom is -0.398 e. The molecule has 1 rings (SSSR count). The number of halogens is 1. The van der Waals surface area contributed by atoms with Crippen molar-refractivity contribution < 1.29 is 4.79 Å². The molecule has 0 aliphatic carbocycles. The fourth-order valence-electron chi connectivity index (χ4n) is 1.62. The van der Waals surface area contributed by atoms with Crippen molar-refractivity contribution in [3.05, 3.63) is 28.2 Å². The van der Waals surface area contributed by atoms with Crippen molar-refractivity contribution in [2.45, 2.75) is 13.0 Å². The van der Waals surface area contributed by atoms with E-state index in [2.05, 4.69) is 21.2 Å². The van der Waals surface area contributed by atoms with Gasteiger partial charge in [-0.1, -0.05) is 6.07 Å².